The molecule has 3 aromatic rings. The molecule has 0 saturated carbocycles. The third-order valence-corrected chi connectivity index (χ3v) is 6.01. The molecule has 1 aliphatic rings. The second-order valence-corrected chi connectivity index (χ2v) is 8.57. The lowest BCUT2D eigenvalue weighted by Gasteiger charge is -2.31. The smallest absolute Gasteiger partial charge is 0.293 e. The maximum Gasteiger partial charge on any atom is 0.293 e. The van der Waals surface area contributed by atoms with Gasteiger partial charge in [0.15, 0.2) is 0 Å². The Hall–Kier alpha value is -3.64. The molecule has 0 radical (unpaired) electrons. The monoisotopic (exact) mass is 460 g/mol. The van der Waals surface area contributed by atoms with E-state index in [9.17, 15) is 4.79 Å². The van der Waals surface area contributed by atoms with Gasteiger partial charge < -0.3 is 21.4 Å². The first-order valence-corrected chi connectivity index (χ1v) is 11.8. The summed E-state index contributed by atoms with van der Waals surface area (Å²) in [7, 11) is 0. The van der Waals surface area contributed by atoms with Gasteiger partial charge in [0.25, 0.3) is 5.56 Å². The van der Waals surface area contributed by atoms with Gasteiger partial charge in [0, 0.05) is 36.9 Å². The van der Waals surface area contributed by atoms with E-state index < -0.39 is 0 Å². The number of nitrogens with one attached hydrogen (secondary N) is 2. The van der Waals surface area contributed by atoms with Crippen LogP contribution in [0.2, 0.25) is 0 Å². The third-order valence-electron chi connectivity index (χ3n) is 6.01. The molecule has 0 spiro atoms. The topological polar surface area (TPSA) is 118 Å². The number of hydrogen-bond acceptors (Lipinski definition) is 7. The molecule has 1 fully saturated rings. The number of piperidine rings is 1. The number of fused-ring (bicyclic) bond motifs is 1. The summed E-state index contributed by atoms with van der Waals surface area (Å²) >= 11 is 0. The van der Waals surface area contributed by atoms with Gasteiger partial charge in [0.2, 0.25) is 5.95 Å². The van der Waals surface area contributed by atoms with Gasteiger partial charge in [-0.15, -0.1) is 5.92 Å². The van der Waals surface area contributed by atoms with Crippen LogP contribution in [0.5, 0.6) is 0 Å². The number of nitrogens with zero attached hydrogens (tertiary/aromatic N) is 5. The standard InChI is InChI=1S/C25H32N8O/c1-3-5-14-32-23-22(30-25(32)31-13-8-9-18(26)16-31)15-29-33(24(23)34)17-20(27)19-10-6-7-11-21(19)28-12-4-2/h6-7,10-11,15,18,27-28H,4,8-9,12-14,16-17,26H2,1-2H3. The number of benzene rings is 1. The van der Waals surface area contributed by atoms with E-state index in [0.717, 1.165) is 43.6 Å². The summed E-state index contributed by atoms with van der Waals surface area (Å²) in [6, 6.07) is 7.76. The van der Waals surface area contributed by atoms with E-state index in [0.29, 0.717) is 35.8 Å². The Morgan fingerprint density at radius 3 is 2.94 bits per heavy atom. The number of nitrogens with two attached hydrogens (primary N) is 1. The maximum absolute atomic E-state index is 13.5. The van der Waals surface area contributed by atoms with Crippen LogP contribution in [0.1, 0.15) is 38.7 Å². The zero-order valence-electron chi connectivity index (χ0n) is 19.8. The van der Waals surface area contributed by atoms with Crippen molar-refractivity contribution in [2.75, 3.05) is 29.9 Å². The minimum Gasteiger partial charge on any atom is -0.385 e. The number of para-hydroxylation sites is 1. The fourth-order valence-electron chi connectivity index (χ4n) is 4.32. The van der Waals surface area contributed by atoms with Crippen molar-refractivity contribution in [1.82, 2.24) is 19.3 Å². The molecule has 1 saturated heterocycles. The second kappa shape index (κ2) is 10.5. The van der Waals surface area contributed by atoms with E-state index in [-0.39, 0.29) is 18.1 Å². The fraction of sp³-hybridized carbons (Fsp3) is 0.440. The van der Waals surface area contributed by atoms with Gasteiger partial charge in [-0.2, -0.15) is 5.10 Å². The molecule has 4 rings (SSSR count). The summed E-state index contributed by atoms with van der Waals surface area (Å²) in [6.07, 6.45) is 4.55. The number of rotatable bonds is 8. The minimum absolute atomic E-state index is 0.0636. The van der Waals surface area contributed by atoms with E-state index in [4.69, 9.17) is 16.1 Å². The Morgan fingerprint density at radius 2 is 2.18 bits per heavy atom. The van der Waals surface area contributed by atoms with Crippen LogP contribution in [0.4, 0.5) is 11.6 Å². The van der Waals surface area contributed by atoms with Crippen molar-refractivity contribution in [2.24, 2.45) is 5.73 Å². The van der Waals surface area contributed by atoms with Crippen molar-refractivity contribution in [1.29, 1.82) is 5.41 Å². The molecule has 0 amide bonds. The SMILES string of the molecule is CC#CCn1c(N2CCCC(N)C2)nc2cnn(CC(=N)c3ccccc3NCCC)c(=O)c21. The van der Waals surface area contributed by atoms with Crippen LogP contribution in [0, 0.1) is 17.3 Å². The van der Waals surface area contributed by atoms with E-state index in [1.807, 2.05) is 28.8 Å². The molecule has 0 aliphatic carbocycles. The lowest BCUT2D eigenvalue weighted by molar-refractivity contribution is 0.496. The van der Waals surface area contributed by atoms with Gasteiger partial charge in [-0.25, -0.2) is 9.67 Å². The van der Waals surface area contributed by atoms with Crippen molar-refractivity contribution in [2.45, 2.75) is 52.2 Å². The first-order valence-electron chi connectivity index (χ1n) is 11.8. The number of imidazole rings is 1. The van der Waals surface area contributed by atoms with Crippen LogP contribution in [-0.4, -0.2) is 50.7 Å². The number of hydrogen-bond donors (Lipinski definition) is 3. The van der Waals surface area contributed by atoms with Gasteiger partial charge >= 0.3 is 0 Å². The summed E-state index contributed by atoms with van der Waals surface area (Å²) < 4.78 is 3.20. The quantitative estimate of drug-likeness (QED) is 0.351. The Labute approximate surface area is 199 Å². The summed E-state index contributed by atoms with van der Waals surface area (Å²) in [6.45, 7) is 6.64. The zero-order valence-corrected chi connectivity index (χ0v) is 19.8. The molecule has 9 nitrogen and oxygen atoms in total. The van der Waals surface area contributed by atoms with E-state index in [1.165, 1.54) is 4.68 Å². The van der Waals surface area contributed by atoms with E-state index in [1.54, 1.807) is 13.1 Å². The molecule has 2 aromatic heterocycles. The molecule has 4 N–H and O–H groups in total. The molecule has 1 atom stereocenters. The van der Waals surface area contributed by atoms with Gasteiger partial charge in [-0.05, 0) is 32.3 Å². The van der Waals surface area contributed by atoms with Crippen LogP contribution < -0.4 is 21.5 Å². The maximum atomic E-state index is 13.5. The van der Waals surface area contributed by atoms with E-state index >= 15 is 0 Å². The fourth-order valence-corrected chi connectivity index (χ4v) is 4.32. The Balaban J connectivity index is 1.71. The first kappa shape index (κ1) is 23.5. The summed E-state index contributed by atoms with van der Waals surface area (Å²) in [5.74, 6) is 6.69. The highest BCUT2D eigenvalue weighted by Crippen LogP contribution is 2.23. The molecule has 9 heteroatoms. The van der Waals surface area contributed by atoms with Crippen LogP contribution in [0.3, 0.4) is 0 Å². The minimum atomic E-state index is -0.279. The van der Waals surface area contributed by atoms with Gasteiger partial charge in [0.1, 0.15) is 11.0 Å². The Kier molecular flexibility index (Phi) is 7.28. The molecule has 1 aromatic carbocycles. The van der Waals surface area contributed by atoms with Gasteiger partial charge in [-0.1, -0.05) is 31.0 Å². The zero-order chi connectivity index (χ0) is 24.1. The van der Waals surface area contributed by atoms with Gasteiger partial charge in [0.05, 0.1) is 25.0 Å². The lowest BCUT2D eigenvalue weighted by atomic mass is 10.1. The average Bonchev–Trinajstić information content (AvgIpc) is 3.22. The van der Waals surface area contributed by atoms with Gasteiger partial charge in [-0.3, -0.25) is 9.36 Å². The molecular weight excluding hydrogens is 428 g/mol. The van der Waals surface area contributed by atoms with Crippen molar-refractivity contribution < 1.29 is 0 Å². The molecule has 0 bridgehead atoms. The Bertz CT molecular complexity index is 1300. The number of aromatic nitrogens is 4. The van der Waals surface area contributed by atoms with E-state index in [2.05, 4.69) is 34.1 Å². The highest BCUT2D eigenvalue weighted by Gasteiger charge is 2.24. The lowest BCUT2D eigenvalue weighted by Crippen LogP contribution is -2.44. The highest BCUT2D eigenvalue weighted by molar-refractivity contribution is 6.02. The summed E-state index contributed by atoms with van der Waals surface area (Å²) in [5, 5.41) is 16.4. The predicted octanol–water partition coefficient (Wildman–Crippen LogP) is 2.43. The third kappa shape index (κ3) is 4.82. The molecule has 34 heavy (non-hydrogen) atoms. The first-order chi connectivity index (χ1) is 16.5. The van der Waals surface area contributed by atoms with Crippen LogP contribution >= 0.6 is 0 Å². The van der Waals surface area contributed by atoms with Crippen molar-refractivity contribution >= 4 is 28.4 Å². The average molecular weight is 461 g/mol. The number of anilines is 2. The van der Waals surface area contributed by atoms with Crippen molar-refractivity contribution in [3.63, 3.8) is 0 Å². The molecule has 1 aliphatic heterocycles. The summed E-state index contributed by atoms with van der Waals surface area (Å²) in [4.78, 5) is 20.4. The van der Waals surface area contributed by atoms with Crippen LogP contribution in [0.15, 0.2) is 35.3 Å². The Morgan fingerprint density at radius 1 is 1.35 bits per heavy atom. The van der Waals surface area contributed by atoms with Crippen molar-refractivity contribution in [3.05, 3.63) is 46.4 Å². The molecule has 3 heterocycles. The summed E-state index contributed by atoms with van der Waals surface area (Å²) in [5.41, 5.74) is 8.87. The van der Waals surface area contributed by atoms with Crippen LogP contribution in [0.25, 0.3) is 11.0 Å². The molecule has 1 unspecified atom stereocenters. The second-order valence-electron chi connectivity index (χ2n) is 8.57. The van der Waals surface area contributed by atoms with Crippen molar-refractivity contribution in [3.8, 4) is 11.8 Å². The molecule has 178 valence electrons. The highest BCUT2D eigenvalue weighted by atomic mass is 16.1. The predicted molar refractivity (Wildman–Crippen MR) is 137 cm³/mol. The largest absolute Gasteiger partial charge is 0.385 e. The molecular formula is C25H32N8O. The van der Waals surface area contributed by atoms with Crippen LogP contribution in [-0.2, 0) is 13.1 Å². The normalized spacial score (nSPS) is 15.7.